The minimum absolute atomic E-state index is 0.318. The molecule has 0 bridgehead atoms. The summed E-state index contributed by atoms with van der Waals surface area (Å²) in [7, 11) is 0. The molecule has 0 spiro atoms. The lowest BCUT2D eigenvalue weighted by atomic mass is 9.83. The number of carbonyl (C=O) groups is 1. The largest absolute Gasteiger partial charge is 0.300 e. The maximum absolute atomic E-state index is 11.0. The first-order valence-electron chi connectivity index (χ1n) is 4.27. The second-order valence-corrected chi connectivity index (χ2v) is 3.61. The molecule has 1 aliphatic rings. The molecular formula is C10H16O. The summed E-state index contributed by atoms with van der Waals surface area (Å²) >= 11 is 0. The fourth-order valence-corrected chi connectivity index (χ4v) is 1.60. The molecular weight excluding hydrogens is 136 g/mol. The van der Waals surface area contributed by atoms with E-state index >= 15 is 0 Å². The van der Waals surface area contributed by atoms with Gasteiger partial charge < -0.3 is 0 Å². The molecule has 0 aromatic carbocycles. The molecule has 0 radical (unpaired) electrons. The zero-order chi connectivity index (χ0) is 8.43. The normalized spacial score (nSPS) is 25.5. The monoisotopic (exact) mass is 152 g/mol. The van der Waals surface area contributed by atoms with Crippen LogP contribution < -0.4 is 0 Å². The van der Waals surface area contributed by atoms with Crippen molar-refractivity contribution >= 4 is 5.78 Å². The van der Waals surface area contributed by atoms with Gasteiger partial charge in [0, 0.05) is 5.92 Å². The van der Waals surface area contributed by atoms with Crippen molar-refractivity contribution in [2.24, 2.45) is 5.92 Å². The number of allylic oxidation sites excluding steroid dienone is 2. The number of carbonyl (C=O) groups excluding carboxylic acids is 1. The van der Waals surface area contributed by atoms with E-state index in [-0.39, 0.29) is 0 Å². The highest BCUT2D eigenvalue weighted by atomic mass is 16.1. The quantitative estimate of drug-likeness (QED) is 0.528. The molecule has 0 saturated carbocycles. The third-order valence-corrected chi connectivity index (χ3v) is 2.72. The van der Waals surface area contributed by atoms with Crippen LogP contribution in [0, 0.1) is 5.92 Å². The summed E-state index contributed by atoms with van der Waals surface area (Å²) < 4.78 is 0. The van der Waals surface area contributed by atoms with Gasteiger partial charge in [-0.3, -0.25) is 4.79 Å². The molecule has 62 valence electrons. The minimum atomic E-state index is 0.318. The Kier molecular flexibility index (Phi) is 2.48. The Bertz CT molecular complexity index is 201. The SMILES string of the molecule is CC(=O)[C@@H]1CCC(C)=C(C)C1. The standard InChI is InChI=1S/C10H16O/c1-7-4-5-10(9(3)11)6-8(7)2/h10H,4-6H2,1-3H3/t10-/m1/s1. The predicted octanol–water partition coefficient (Wildman–Crippen LogP) is 2.71. The van der Waals surface area contributed by atoms with Crippen molar-refractivity contribution in [1.82, 2.24) is 0 Å². The number of rotatable bonds is 1. The van der Waals surface area contributed by atoms with Gasteiger partial charge in [0.25, 0.3) is 0 Å². The lowest BCUT2D eigenvalue weighted by molar-refractivity contribution is -0.121. The molecule has 0 aliphatic heterocycles. The van der Waals surface area contributed by atoms with E-state index in [9.17, 15) is 4.79 Å². The van der Waals surface area contributed by atoms with Gasteiger partial charge >= 0.3 is 0 Å². The predicted molar refractivity (Wildman–Crippen MR) is 46.4 cm³/mol. The average Bonchev–Trinajstić information content (AvgIpc) is 1.94. The van der Waals surface area contributed by atoms with E-state index in [1.54, 1.807) is 6.92 Å². The maximum atomic E-state index is 11.0. The van der Waals surface area contributed by atoms with E-state index in [1.807, 2.05) is 0 Å². The molecule has 1 heteroatoms. The lowest BCUT2D eigenvalue weighted by Gasteiger charge is -2.21. The highest BCUT2D eigenvalue weighted by Gasteiger charge is 2.19. The van der Waals surface area contributed by atoms with Crippen LogP contribution in [-0.4, -0.2) is 5.78 Å². The van der Waals surface area contributed by atoms with Crippen molar-refractivity contribution in [3.63, 3.8) is 0 Å². The molecule has 1 nitrogen and oxygen atoms in total. The van der Waals surface area contributed by atoms with E-state index in [1.165, 1.54) is 11.1 Å². The van der Waals surface area contributed by atoms with E-state index in [0.717, 1.165) is 19.3 Å². The topological polar surface area (TPSA) is 17.1 Å². The van der Waals surface area contributed by atoms with Crippen LogP contribution >= 0.6 is 0 Å². The zero-order valence-electron chi connectivity index (χ0n) is 7.61. The Morgan fingerprint density at radius 2 is 2.00 bits per heavy atom. The molecule has 0 saturated heterocycles. The lowest BCUT2D eigenvalue weighted by Crippen LogP contribution is -2.15. The van der Waals surface area contributed by atoms with Gasteiger partial charge in [0.1, 0.15) is 5.78 Å². The van der Waals surface area contributed by atoms with E-state index in [0.29, 0.717) is 11.7 Å². The van der Waals surface area contributed by atoms with Crippen molar-refractivity contribution < 1.29 is 4.79 Å². The molecule has 0 fully saturated rings. The van der Waals surface area contributed by atoms with Gasteiger partial charge in [-0.25, -0.2) is 0 Å². The van der Waals surface area contributed by atoms with Crippen LogP contribution in [0.1, 0.15) is 40.0 Å². The van der Waals surface area contributed by atoms with E-state index in [4.69, 9.17) is 0 Å². The second kappa shape index (κ2) is 3.21. The van der Waals surface area contributed by atoms with E-state index < -0.39 is 0 Å². The first kappa shape index (κ1) is 8.51. The Hall–Kier alpha value is -0.590. The third kappa shape index (κ3) is 1.92. The Morgan fingerprint density at radius 1 is 1.36 bits per heavy atom. The van der Waals surface area contributed by atoms with Crippen LogP contribution in [-0.2, 0) is 4.79 Å². The summed E-state index contributed by atoms with van der Waals surface area (Å²) in [5.41, 5.74) is 2.92. The van der Waals surface area contributed by atoms with Gasteiger partial charge in [-0.05, 0) is 40.0 Å². The van der Waals surface area contributed by atoms with Crippen LogP contribution in [0.4, 0.5) is 0 Å². The molecule has 1 rings (SSSR count). The number of ketones is 1. The fourth-order valence-electron chi connectivity index (χ4n) is 1.60. The highest BCUT2D eigenvalue weighted by Crippen LogP contribution is 2.28. The van der Waals surface area contributed by atoms with Gasteiger partial charge in [-0.2, -0.15) is 0 Å². The highest BCUT2D eigenvalue weighted by molar-refractivity contribution is 5.78. The van der Waals surface area contributed by atoms with Crippen molar-refractivity contribution in [3.8, 4) is 0 Å². The minimum Gasteiger partial charge on any atom is -0.300 e. The van der Waals surface area contributed by atoms with Crippen LogP contribution in [0.5, 0.6) is 0 Å². The van der Waals surface area contributed by atoms with Crippen molar-refractivity contribution in [3.05, 3.63) is 11.1 Å². The molecule has 0 heterocycles. The first-order chi connectivity index (χ1) is 5.11. The maximum Gasteiger partial charge on any atom is 0.133 e. The molecule has 0 unspecified atom stereocenters. The van der Waals surface area contributed by atoms with Crippen molar-refractivity contribution in [2.45, 2.75) is 40.0 Å². The molecule has 0 aromatic heterocycles. The third-order valence-electron chi connectivity index (χ3n) is 2.72. The van der Waals surface area contributed by atoms with Crippen LogP contribution in [0.15, 0.2) is 11.1 Å². The molecule has 1 atom stereocenters. The van der Waals surface area contributed by atoms with Crippen molar-refractivity contribution in [2.75, 3.05) is 0 Å². The summed E-state index contributed by atoms with van der Waals surface area (Å²) in [6.45, 7) is 6.02. The second-order valence-electron chi connectivity index (χ2n) is 3.61. The molecule has 0 aromatic rings. The van der Waals surface area contributed by atoms with Gasteiger partial charge in [0.15, 0.2) is 0 Å². The molecule has 0 N–H and O–H groups in total. The molecule has 0 amide bonds. The summed E-state index contributed by atoms with van der Waals surface area (Å²) in [4.78, 5) is 11.0. The Labute approximate surface area is 68.5 Å². The van der Waals surface area contributed by atoms with Crippen LogP contribution in [0.25, 0.3) is 0 Å². The first-order valence-corrected chi connectivity index (χ1v) is 4.27. The molecule has 11 heavy (non-hydrogen) atoms. The van der Waals surface area contributed by atoms with Gasteiger partial charge in [-0.1, -0.05) is 11.1 Å². The Balaban J connectivity index is 2.64. The number of Topliss-reactive ketones (excluding diaryl/α,β-unsaturated/α-hetero) is 1. The number of hydrogen-bond acceptors (Lipinski definition) is 1. The van der Waals surface area contributed by atoms with Crippen molar-refractivity contribution in [1.29, 1.82) is 0 Å². The fraction of sp³-hybridized carbons (Fsp3) is 0.700. The molecule has 1 aliphatic carbocycles. The van der Waals surface area contributed by atoms with Gasteiger partial charge in [-0.15, -0.1) is 0 Å². The average molecular weight is 152 g/mol. The van der Waals surface area contributed by atoms with Gasteiger partial charge in [0.2, 0.25) is 0 Å². The van der Waals surface area contributed by atoms with Crippen LogP contribution in [0.2, 0.25) is 0 Å². The summed E-state index contributed by atoms with van der Waals surface area (Å²) in [6, 6.07) is 0. The van der Waals surface area contributed by atoms with E-state index in [2.05, 4.69) is 13.8 Å². The Morgan fingerprint density at radius 3 is 2.45 bits per heavy atom. The number of hydrogen-bond donors (Lipinski definition) is 0. The summed E-state index contributed by atoms with van der Waals surface area (Å²) in [6.07, 6.45) is 3.19. The smallest absolute Gasteiger partial charge is 0.133 e. The van der Waals surface area contributed by atoms with Crippen LogP contribution in [0.3, 0.4) is 0 Å². The summed E-state index contributed by atoms with van der Waals surface area (Å²) in [5, 5.41) is 0. The zero-order valence-corrected chi connectivity index (χ0v) is 7.61. The van der Waals surface area contributed by atoms with Gasteiger partial charge in [0.05, 0.1) is 0 Å². The summed E-state index contributed by atoms with van der Waals surface area (Å²) in [5.74, 6) is 0.676.